The molecule has 1 N–H and O–H groups in total. The van der Waals surface area contributed by atoms with Crippen LogP contribution >= 0.6 is 0 Å². The second-order valence-electron chi connectivity index (χ2n) is 6.38. The predicted molar refractivity (Wildman–Crippen MR) is 97.5 cm³/mol. The van der Waals surface area contributed by atoms with E-state index in [4.69, 9.17) is 4.74 Å². The molecule has 0 aliphatic carbocycles. The number of nitrogens with zero attached hydrogens (tertiary/aromatic N) is 2. The number of carbonyl (C=O) groups excluding carboxylic acids is 1. The zero-order chi connectivity index (χ0) is 18.6. The maximum absolute atomic E-state index is 13.0. The van der Waals surface area contributed by atoms with Crippen molar-refractivity contribution in [3.63, 3.8) is 0 Å². The molecule has 0 aliphatic heterocycles. The molecule has 0 bridgehead atoms. The Morgan fingerprint density at radius 2 is 1.81 bits per heavy atom. The summed E-state index contributed by atoms with van der Waals surface area (Å²) < 4.78 is 20.4. The molecular weight excluding hydrogens is 333 g/mol. The van der Waals surface area contributed by atoms with Crippen LogP contribution in [0.5, 0.6) is 5.75 Å². The molecule has 26 heavy (non-hydrogen) atoms. The van der Waals surface area contributed by atoms with Gasteiger partial charge in [-0.15, -0.1) is 0 Å². The van der Waals surface area contributed by atoms with Gasteiger partial charge in [0.1, 0.15) is 17.4 Å². The number of hydrogen-bond donors (Lipinski definition) is 1. The zero-order valence-electron chi connectivity index (χ0n) is 14.6. The van der Waals surface area contributed by atoms with Crippen LogP contribution in [-0.2, 0) is 11.3 Å². The number of ether oxygens (including phenoxy) is 1. The number of aromatic nitrogens is 2. The minimum absolute atomic E-state index is 0.323. The third-order valence-electron chi connectivity index (χ3n) is 3.87. The third-order valence-corrected chi connectivity index (χ3v) is 3.87. The number of rotatable bonds is 6. The van der Waals surface area contributed by atoms with E-state index < -0.39 is 5.60 Å². The van der Waals surface area contributed by atoms with Gasteiger partial charge in [-0.1, -0.05) is 30.3 Å². The SMILES string of the molecule is CC(C)(Oc1ccc(F)cc1)C(=O)Nc1ccnn1Cc1ccccc1. The van der Waals surface area contributed by atoms with Gasteiger partial charge in [0.05, 0.1) is 12.7 Å². The van der Waals surface area contributed by atoms with Crippen molar-refractivity contribution in [2.45, 2.75) is 26.0 Å². The molecule has 3 rings (SSSR count). The number of halogens is 1. The van der Waals surface area contributed by atoms with Crippen LogP contribution < -0.4 is 10.1 Å². The van der Waals surface area contributed by atoms with Gasteiger partial charge in [0, 0.05) is 6.07 Å². The van der Waals surface area contributed by atoms with E-state index >= 15 is 0 Å². The van der Waals surface area contributed by atoms with Crippen LogP contribution in [0.3, 0.4) is 0 Å². The fourth-order valence-corrected chi connectivity index (χ4v) is 2.43. The first-order valence-electron chi connectivity index (χ1n) is 8.26. The van der Waals surface area contributed by atoms with E-state index in [1.165, 1.54) is 24.3 Å². The minimum atomic E-state index is -1.14. The van der Waals surface area contributed by atoms with Crippen molar-refractivity contribution in [1.29, 1.82) is 0 Å². The lowest BCUT2D eigenvalue weighted by Crippen LogP contribution is -2.43. The van der Waals surface area contributed by atoms with E-state index in [0.29, 0.717) is 18.1 Å². The molecular formula is C20H20FN3O2. The van der Waals surface area contributed by atoms with Crippen molar-refractivity contribution in [3.05, 3.63) is 78.2 Å². The lowest BCUT2D eigenvalue weighted by Gasteiger charge is -2.25. The number of amides is 1. The predicted octanol–water partition coefficient (Wildman–Crippen LogP) is 3.87. The first-order valence-corrected chi connectivity index (χ1v) is 8.26. The Balaban J connectivity index is 1.69. The number of nitrogens with one attached hydrogen (secondary N) is 1. The number of hydrogen-bond acceptors (Lipinski definition) is 3. The summed E-state index contributed by atoms with van der Waals surface area (Å²) in [7, 11) is 0. The van der Waals surface area contributed by atoms with Gasteiger partial charge in [-0.2, -0.15) is 5.10 Å². The van der Waals surface area contributed by atoms with Gasteiger partial charge in [-0.25, -0.2) is 9.07 Å². The molecule has 0 fully saturated rings. The van der Waals surface area contributed by atoms with Gasteiger partial charge in [0.15, 0.2) is 5.60 Å². The Bertz CT molecular complexity index is 874. The zero-order valence-corrected chi connectivity index (χ0v) is 14.6. The van der Waals surface area contributed by atoms with Gasteiger partial charge in [-0.05, 0) is 43.7 Å². The molecule has 1 aromatic heterocycles. The van der Waals surface area contributed by atoms with Gasteiger partial charge < -0.3 is 10.1 Å². The van der Waals surface area contributed by atoms with Gasteiger partial charge in [0.2, 0.25) is 0 Å². The Morgan fingerprint density at radius 3 is 2.50 bits per heavy atom. The van der Waals surface area contributed by atoms with Crippen LogP contribution in [0.15, 0.2) is 66.9 Å². The van der Waals surface area contributed by atoms with Gasteiger partial charge >= 0.3 is 0 Å². The molecule has 3 aromatic rings. The monoisotopic (exact) mass is 353 g/mol. The summed E-state index contributed by atoms with van der Waals surface area (Å²) >= 11 is 0. The van der Waals surface area contributed by atoms with Crippen molar-refractivity contribution in [2.24, 2.45) is 0 Å². The molecule has 1 amide bonds. The summed E-state index contributed by atoms with van der Waals surface area (Å²) in [6, 6.07) is 17.1. The molecule has 0 saturated heterocycles. The Labute approximate surface area is 151 Å². The first kappa shape index (κ1) is 17.7. The third kappa shape index (κ3) is 4.27. The fraction of sp³-hybridized carbons (Fsp3) is 0.200. The number of benzene rings is 2. The quantitative estimate of drug-likeness (QED) is 0.732. The van der Waals surface area contributed by atoms with Crippen molar-refractivity contribution < 1.29 is 13.9 Å². The standard InChI is InChI=1S/C20H20FN3O2/c1-20(2,26-17-10-8-16(21)9-11-17)19(25)23-18-12-13-22-24(18)14-15-6-4-3-5-7-15/h3-13H,14H2,1-2H3,(H,23,25). The van der Waals surface area contributed by atoms with Crippen molar-refractivity contribution in [1.82, 2.24) is 9.78 Å². The topological polar surface area (TPSA) is 56.1 Å². The van der Waals surface area contributed by atoms with Crippen LogP contribution in [0, 0.1) is 5.82 Å². The highest BCUT2D eigenvalue weighted by molar-refractivity contribution is 5.96. The maximum Gasteiger partial charge on any atom is 0.269 e. The average molecular weight is 353 g/mol. The summed E-state index contributed by atoms with van der Waals surface area (Å²) in [6.07, 6.45) is 1.63. The van der Waals surface area contributed by atoms with E-state index in [1.807, 2.05) is 30.3 Å². The minimum Gasteiger partial charge on any atom is -0.478 e. The van der Waals surface area contributed by atoms with Crippen LogP contribution in [0.2, 0.25) is 0 Å². The van der Waals surface area contributed by atoms with Crippen molar-refractivity contribution in [3.8, 4) is 5.75 Å². The Hall–Kier alpha value is -3.15. The summed E-state index contributed by atoms with van der Waals surface area (Å²) in [4.78, 5) is 12.7. The molecule has 5 nitrogen and oxygen atoms in total. The molecule has 0 aliphatic rings. The first-order chi connectivity index (χ1) is 12.4. The second kappa shape index (κ2) is 7.39. The van der Waals surface area contributed by atoms with Crippen molar-refractivity contribution in [2.75, 3.05) is 5.32 Å². The molecule has 0 radical (unpaired) electrons. The summed E-state index contributed by atoms with van der Waals surface area (Å²) in [6.45, 7) is 3.86. The van der Waals surface area contributed by atoms with Crippen LogP contribution in [-0.4, -0.2) is 21.3 Å². The Morgan fingerprint density at radius 1 is 1.12 bits per heavy atom. The highest BCUT2D eigenvalue weighted by atomic mass is 19.1. The number of carbonyl (C=O) groups is 1. The maximum atomic E-state index is 13.0. The molecule has 134 valence electrons. The van der Waals surface area contributed by atoms with Crippen LogP contribution in [0.4, 0.5) is 10.2 Å². The van der Waals surface area contributed by atoms with E-state index in [2.05, 4.69) is 10.4 Å². The molecule has 2 aromatic carbocycles. The summed E-state index contributed by atoms with van der Waals surface area (Å²) in [5.74, 6) is 0.319. The molecule has 0 atom stereocenters. The van der Waals surface area contributed by atoms with Gasteiger partial charge in [-0.3, -0.25) is 4.79 Å². The normalized spacial score (nSPS) is 11.2. The molecule has 1 heterocycles. The van der Waals surface area contributed by atoms with Gasteiger partial charge in [0.25, 0.3) is 5.91 Å². The average Bonchev–Trinajstić information content (AvgIpc) is 3.04. The molecule has 6 heteroatoms. The molecule has 0 saturated carbocycles. The lowest BCUT2D eigenvalue weighted by molar-refractivity contribution is -0.128. The van der Waals surface area contributed by atoms with Crippen molar-refractivity contribution >= 4 is 11.7 Å². The lowest BCUT2D eigenvalue weighted by atomic mass is 10.1. The fourth-order valence-electron chi connectivity index (χ4n) is 2.43. The smallest absolute Gasteiger partial charge is 0.269 e. The van der Waals surface area contributed by atoms with E-state index in [-0.39, 0.29) is 11.7 Å². The van der Waals surface area contributed by atoms with E-state index in [9.17, 15) is 9.18 Å². The second-order valence-corrected chi connectivity index (χ2v) is 6.38. The largest absolute Gasteiger partial charge is 0.478 e. The van der Waals surface area contributed by atoms with E-state index in [1.54, 1.807) is 30.8 Å². The van der Waals surface area contributed by atoms with E-state index in [0.717, 1.165) is 5.56 Å². The van der Waals surface area contributed by atoms with Crippen LogP contribution in [0.1, 0.15) is 19.4 Å². The summed E-state index contributed by atoms with van der Waals surface area (Å²) in [5, 5.41) is 7.10. The highest BCUT2D eigenvalue weighted by Crippen LogP contribution is 2.21. The molecule has 0 unspecified atom stereocenters. The highest BCUT2D eigenvalue weighted by Gasteiger charge is 2.30. The Kier molecular flexibility index (Phi) is 5.02. The molecule has 0 spiro atoms. The number of anilines is 1. The summed E-state index contributed by atoms with van der Waals surface area (Å²) in [5.41, 5.74) is -0.0619. The van der Waals surface area contributed by atoms with Crippen LogP contribution in [0.25, 0.3) is 0 Å².